The van der Waals surface area contributed by atoms with Gasteiger partial charge >= 0.3 is 0 Å². The molecule has 0 spiro atoms. The fourth-order valence-electron chi connectivity index (χ4n) is 2.51. The zero-order valence-electron chi connectivity index (χ0n) is 10.9. The highest BCUT2D eigenvalue weighted by atomic mass is 16.5. The van der Waals surface area contributed by atoms with E-state index in [0.29, 0.717) is 5.92 Å². The zero-order chi connectivity index (χ0) is 12.3. The molecule has 1 fully saturated rings. The van der Waals surface area contributed by atoms with Crippen molar-refractivity contribution in [2.24, 2.45) is 0 Å². The third-order valence-corrected chi connectivity index (χ3v) is 3.48. The molecule has 0 saturated carbocycles. The highest BCUT2D eigenvalue weighted by Crippen LogP contribution is 2.35. The molecule has 2 rings (SSSR count). The third kappa shape index (κ3) is 2.55. The molecule has 1 N–H and O–H groups in total. The van der Waals surface area contributed by atoms with Crippen LogP contribution in [0.1, 0.15) is 29.9 Å². The molecule has 0 aromatic heterocycles. The van der Waals surface area contributed by atoms with E-state index >= 15 is 0 Å². The number of methoxy groups -OCH3 is 2. The maximum Gasteiger partial charge on any atom is 0.122 e. The van der Waals surface area contributed by atoms with Crippen LogP contribution in [0.4, 0.5) is 0 Å². The number of rotatable bonds is 3. The van der Waals surface area contributed by atoms with Crippen LogP contribution >= 0.6 is 0 Å². The van der Waals surface area contributed by atoms with E-state index in [1.807, 2.05) is 6.92 Å². The molecule has 3 heteroatoms. The molecule has 0 aliphatic carbocycles. The minimum Gasteiger partial charge on any atom is -0.496 e. The van der Waals surface area contributed by atoms with Crippen molar-refractivity contribution in [1.29, 1.82) is 0 Å². The molecule has 1 saturated heterocycles. The molecule has 1 aliphatic heterocycles. The van der Waals surface area contributed by atoms with E-state index in [1.165, 1.54) is 18.4 Å². The van der Waals surface area contributed by atoms with Gasteiger partial charge < -0.3 is 14.8 Å². The average Bonchev–Trinajstić information content (AvgIpc) is 2.39. The van der Waals surface area contributed by atoms with Gasteiger partial charge in [-0.2, -0.15) is 0 Å². The van der Waals surface area contributed by atoms with Gasteiger partial charge in [-0.15, -0.1) is 0 Å². The van der Waals surface area contributed by atoms with Crippen molar-refractivity contribution in [3.05, 3.63) is 23.3 Å². The molecule has 17 heavy (non-hydrogen) atoms. The maximum atomic E-state index is 5.50. The Kier molecular flexibility index (Phi) is 3.89. The molecule has 1 unspecified atom stereocenters. The van der Waals surface area contributed by atoms with E-state index in [-0.39, 0.29) is 0 Å². The SMILES string of the molecule is COc1cc(C2CCCNC2)c(OC)cc1C. The third-order valence-electron chi connectivity index (χ3n) is 3.48. The number of hydrogen-bond acceptors (Lipinski definition) is 3. The number of aryl methyl sites for hydroxylation is 1. The predicted molar refractivity (Wildman–Crippen MR) is 69.1 cm³/mol. The second-order valence-corrected chi connectivity index (χ2v) is 4.61. The summed E-state index contributed by atoms with van der Waals surface area (Å²) >= 11 is 0. The minimum absolute atomic E-state index is 0.535. The summed E-state index contributed by atoms with van der Waals surface area (Å²) in [5.41, 5.74) is 2.39. The molecule has 1 aromatic carbocycles. The van der Waals surface area contributed by atoms with Crippen LogP contribution in [0.15, 0.2) is 12.1 Å². The quantitative estimate of drug-likeness (QED) is 0.873. The van der Waals surface area contributed by atoms with Crippen molar-refractivity contribution < 1.29 is 9.47 Å². The maximum absolute atomic E-state index is 5.50. The topological polar surface area (TPSA) is 30.5 Å². The van der Waals surface area contributed by atoms with Gasteiger partial charge in [0.2, 0.25) is 0 Å². The largest absolute Gasteiger partial charge is 0.496 e. The van der Waals surface area contributed by atoms with Crippen molar-refractivity contribution in [2.45, 2.75) is 25.7 Å². The lowest BCUT2D eigenvalue weighted by Crippen LogP contribution is -2.28. The van der Waals surface area contributed by atoms with E-state index < -0.39 is 0 Å². The van der Waals surface area contributed by atoms with Crippen LogP contribution in [-0.2, 0) is 0 Å². The van der Waals surface area contributed by atoms with Crippen LogP contribution in [0, 0.1) is 6.92 Å². The van der Waals surface area contributed by atoms with Crippen LogP contribution in [0.2, 0.25) is 0 Å². The van der Waals surface area contributed by atoms with Gasteiger partial charge in [0.15, 0.2) is 0 Å². The summed E-state index contributed by atoms with van der Waals surface area (Å²) in [5, 5.41) is 3.44. The Morgan fingerprint density at radius 1 is 1.18 bits per heavy atom. The van der Waals surface area contributed by atoms with Gasteiger partial charge in [0, 0.05) is 18.0 Å². The Bertz CT molecular complexity index is 384. The first kappa shape index (κ1) is 12.2. The summed E-state index contributed by atoms with van der Waals surface area (Å²) in [7, 11) is 3.46. The summed E-state index contributed by atoms with van der Waals surface area (Å²) in [6.07, 6.45) is 2.44. The number of benzene rings is 1. The van der Waals surface area contributed by atoms with Gasteiger partial charge in [0.05, 0.1) is 14.2 Å². The smallest absolute Gasteiger partial charge is 0.122 e. The van der Waals surface area contributed by atoms with Crippen LogP contribution in [0.5, 0.6) is 11.5 Å². The summed E-state index contributed by atoms with van der Waals surface area (Å²) < 4.78 is 10.9. The lowest BCUT2D eigenvalue weighted by atomic mass is 9.90. The Hall–Kier alpha value is -1.22. The number of piperidine rings is 1. The van der Waals surface area contributed by atoms with Gasteiger partial charge in [0.25, 0.3) is 0 Å². The van der Waals surface area contributed by atoms with E-state index in [4.69, 9.17) is 9.47 Å². The lowest BCUT2D eigenvalue weighted by molar-refractivity contribution is 0.382. The Balaban J connectivity index is 2.35. The van der Waals surface area contributed by atoms with Crippen LogP contribution in [0.3, 0.4) is 0 Å². The van der Waals surface area contributed by atoms with Crippen molar-refractivity contribution >= 4 is 0 Å². The van der Waals surface area contributed by atoms with Gasteiger partial charge in [-0.25, -0.2) is 0 Å². The molecule has 0 radical (unpaired) electrons. The first-order valence-corrected chi connectivity index (χ1v) is 6.19. The molecular formula is C14H21NO2. The molecule has 1 aromatic rings. The second kappa shape index (κ2) is 5.41. The van der Waals surface area contributed by atoms with Gasteiger partial charge in [-0.3, -0.25) is 0 Å². The van der Waals surface area contributed by atoms with Crippen LogP contribution < -0.4 is 14.8 Å². The molecule has 1 aliphatic rings. The lowest BCUT2D eigenvalue weighted by Gasteiger charge is -2.25. The van der Waals surface area contributed by atoms with Gasteiger partial charge in [0.1, 0.15) is 11.5 Å². The van der Waals surface area contributed by atoms with Crippen molar-refractivity contribution in [3.8, 4) is 11.5 Å². The Morgan fingerprint density at radius 3 is 2.53 bits per heavy atom. The van der Waals surface area contributed by atoms with Gasteiger partial charge in [-0.05, 0) is 44.0 Å². The van der Waals surface area contributed by atoms with E-state index in [0.717, 1.165) is 30.2 Å². The standard InChI is InChI=1S/C14H21NO2/c1-10-7-14(17-3)12(8-13(10)16-2)11-5-4-6-15-9-11/h7-8,11,15H,4-6,9H2,1-3H3. The van der Waals surface area contributed by atoms with Gasteiger partial charge in [-0.1, -0.05) is 0 Å². The zero-order valence-corrected chi connectivity index (χ0v) is 10.9. The fourth-order valence-corrected chi connectivity index (χ4v) is 2.51. The van der Waals surface area contributed by atoms with Crippen molar-refractivity contribution in [2.75, 3.05) is 27.3 Å². The molecule has 3 nitrogen and oxygen atoms in total. The Labute approximate surface area is 103 Å². The average molecular weight is 235 g/mol. The Morgan fingerprint density at radius 2 is 1.94 bits per heavy atom. The van der Waals surface area contributed by atoms with Crippen molar-refractivity contribution in [1.82, 2.24) is 5.32 Å². The molecular weight excluding hydrogens is 214 g/mol. The van der Waals surface area contributed by atoms with Crippen LogP contribution in [-0.4, -0.2) is 27.3 Å². The molecule has 0 amide bonds. The number of nitrogens with one attached hydrogen (secondary N) is 1. The van der Waals surface area contributed by atoms with Crippen molar-refractivity contribution in [3.63, 3.8) is 0 Å². The fraction of sp³-hybridized carbons (Fsp3) is 0.571. The normalized spacial score (nSPS) is 20.1. The molecule has 1 atom stereocenters. The highest BCUT2D eigenvalue weighted by Gasteiger charge is 2.20. The van der Waals surface area contributed by atoms with E-state index in [9.17, 15) is 0 Å². The molecule has 94 valence electrons. The summed E-state index contributed by atoms with van der Waals surface area (Å²) in [4.78, 5) is 0. The van der Waals surface area contributed by atoms with E-state index in [1.54, 1.807) is 14.2 Å². The predicted octanol–water partition coefficient (Wildman–Crippen LogP) is 2.48. The number of ether oxygens (including phenoxy) is 2. The molecule has 0 bridgehead atoms. The van der Waals surface area contributed by atoms with Crippen LogP contribution in [0.25, 0.3) is 0 Å². The number of hydrogen-bond donors (Lipinski definition) is 1. The second-order valence-electron chi connectivity index (χ2n) is 4.61. The highest BCUT2D eigenvalue weighted by molar-refractivity contribution is 5.47. The molecule has 1 heterocycles. The summed E-state index contributed by atoms with van der Waals surface area (Å²) in [6.45, 7) is 4.20. The summed E-state index contributed by atoms with van der Waals surface area (Å²) in [6, 6.07) is 4.20. The minimum atomic E-state index is 0.535. The summed E-state index contributed by atoms with van der Waals surface area (Å²) in [5.74, 6) is 2.47. The monoisotopic (exact) mass is 235 g/mol. The first-order valence-electron chi connectivity index (χ1n) is 6.19. The van der Waals surface area contributed by atoms with E-state index in [2.05, 4.69) is 17.4 Å². The first-order chi connectivity index (χ1) is 8.26.